The highest BCUT2D eigenvalue weighted by atomic mass is 19.1. The van der Waals surface area contributed by atoms with Gasteiger partial charge in [0.1, 0.15) is 17.5 Å². The molecular weight excluding hydrogens is 303 g/mol. The Morgan fingerprint density at radius 2 is 1.70 bits per heavy atom. The van der Waals surface area contributed by atoms with Crippen LogP contribution in [0.1, 0.15) is 6.92 Å². The summed E-state index contributed by atoms with van der Waals surface area (Å²) < 4.78 is 48.0. The first-order valence-electron chi connectivity index (χ1n) is 7.42. The van der Waals surface area contributed by atoms with E-state index in [4.69, 9.17) is 4.74 Å². The van der Waals surface area contributed by atoms with Crippen LogP contribution in [-0.4, -0.2) is 17.8 Å². The molecule has 1 aromatic heterocycles. The fourth-order valence-corrected chi connectivity index (χ4v) is 2.72. The molecule has 1 heterocycles. The van der Waals surface area contributed by atoms with Crippen molar-refractivity contribution in [2.45, 2.75) is 13.5 Å². The Bertz CT molecular complexity index is 824. The van der Waals surface area contributed by atoms with Gasteiger partial charge in [0.2, 0.25) is 0 Å². The molecule has 0 N–H and O–H groups in total. The van der Waals surface area contributed by atoms with Crippen LogP contribution in [0.15, 0.2) is 42.5 Å². The molecule has 2 nitrogen and oxygen atoms in total. The third-order valence-corrected chi connectivity index (χ3v) is 3.71. The molecular formula is C18H16F3NO. The van der Waals surface area contributed by atoms with E-state index in [0.717, 1.165) is 11.6 Å². The Labute approximate surface area is 132 Å². The van der Waals surface area contributed by atoms with Gasteiger partial charge < -0.3 is 9.30 Å². The lowest BCUT2D eigenvalue weighted by molar-refractivity contribution is 0.140. The largest absolute Gasteiger partial charge is 0.380 e. The topological polar surface area (TPSA) is 14.2 Å². The highest BCUT2D eigenvalue weighted by Crippen LogP contribution is 2.30. The van der Waals surface area contributed by atoms with Crippen LogP contribution in [0.5, 0.6) is 0 Å². The van der Waals surface area contributed by atoms with E-state index in [1.165, 1.54) is 18.2 Å². The summed E-state index contributed by atoms with van der Waals surface area (Å²) >= 11 is 0. The molecule has 0 aliphatic heterocycles. The zero-order valence-electron chi connectivity index (χ0n) is 12.7. The molecule has 0 radical (unpaired) electrons. The van der Waals surface area contributed by atoms with Gasteiger partial charge in [-0.1, -0.05) is 0 Å². The molecule has 3 rings (SSSR count). The van der Waals surface area contributed by atoms with Crippen molar-refractivity contribution >= 4 is 10.9 Å². The number of nitrogens with zero attached hydrogens (tertiary/aromatic N) is 1. The van der Waals surface area contributed by atoms with Crippen molar-refractivity contribution in [3.63, 3.8) is 0 Å². The van der Waals surface area contributed by atoms with Gasteiger partial charge in [-0.05, 0) is 48.9 Å². The van der Waals surface area contributed by atoms with Crippen LogP contribution in [0, 0.1) is 17.5 Å². The van der Waals surface area contributed by atoms with Gasteiger partial charge in [-0.3, -0.25) is 0 Å². The molecule has 0 atom stereocenters. The van der Waals surface area contributed by atoms with Crippen LogP contribution < -0.4 is 0 Å². The Morgan fingerprint density at radius 1 is 0.957 bits per heavy atom. The zero-order chi connectivity index (χ0) is 16.4. The van der Waals surface area contributed by atoms with Crippen molar-refractivity contribution in [1.82, 2.24) is 4.57 Å². The maximum Gasteiger partial charge on any atom is 0.150 e. The van der Waals surface area contributed by atoms with Crippen molar-refractivity contribution in [2.75, 3.05) is 13.2 Å². The number of rotatable bonds is 5. The quantitative estimate of drug-likeness (QED) is 0.618. The molecule has 120 valence electrons. The molecule has 23 heavy (non-hydrogen) atoms. The van der Waals surface area contributed by atoms with E-state index in [9.17, 15) is 13.2 Å². The van der Waals surface area contributed by atoms with E-state index < -0.39 is 11.6 Å². The molecule has 0 spiro atoms. The number of hydrogen-bond donors (Lipinski definition) is 0. The van der Waals surface area contributed by atoms with E-state index >= 15 is 0 Å². The van der Waals surface area contributed by atoms with Crippen LogP contribution in [-0.2, 0) is 11.3 Å². The standard InChI is InChI=1S/C18H16F3NO/c1-2-23-8-7-22-17(12-3-5-14(19)6-4-12)10-13-9-15(20)11-16(21)18(13)22/h3-6,9-11H,2,7-8H2,1H3. The van der Waals surface area contributed by atoms with Crippen LogP contribution in [0.3, 0.4) is 0 Å². The first-order chi connectivity index (χ1) is 11.1. The molecule has 0 unspecified atom stereocenters. The number of halogens is 3. The minimum atomic E-state index is -0.623. The number of ether oxygens (including phenoxy) is 1. The Morgan fingerprint density at radius 3 is 2.39 bits per heavy atom. The number of hydrogen-bond acceptors (Lipinski definition) is 1. The second-order valence-corrected chi connectivity index (χ2v) is 5.21. The summed E-state index contributed by atoms with van der Waals surface area (Å²) in [7, 11) is 0. The maximum absolute atomic E-state index is 14.2. The van der Waals surface area contributed by atoms with E-state index in [1.807, 2.05) is 6.92 Å². The van der Waals surface area contributed by atoms with Gasteiger partial charge in [-0.2, -0.15) is 0 Å². The average molecular weight is 319 g/mol. The highest BCUT2D eigenvalue weighted by Gasteiger charge is 2.15. The first-order valence-corrected chi connectivity index (χ1v) is 7.42. The Balaban J connectivity index is 2.16. The van der Waals surface area contributed by atoms with Gasteiger partial charge in [0.25, 0.3) is 0 Å². The minimum Gasteiger partial charge on any atom is -0.380 e. The molecule has 0 aliphatic carbocycles. The molecule has 0 aliphatic rings. The number of aromatic nitrogens is 1. The van der Waals surface area contributed by atoms with Gasteiger partial charge >= 0.3 is 0 Å². The van der Waals surface area contributed by atoms with Crippen LogP contribution in [0.4, 0.5) is 13.2 Å². The molecule has 0 saturated heterocycles. The van der Waals surface area contributed by atoms with Crippen molar-refractivity contribution in [1.29, 1.82) is 0 Å². The van der Waals surface area contributed by atoms with Crippen molar-refractivity contribution in [2.24, 2.45) is 0 Å². The Kier molecular flexibility index (Phi) is 4.39. The Hall–Kier alpha value is -2.27. The predicted octanol–water partition coefficient (Wildman–Crippen LogP) is 4.76. The fourth-order valence-electron chi connectivity index (χ4n) is 2.72. The summed E-state index contributed by atoms with van der Waals surface area (Å²) in [5.74, 6) is -1.59. The normalized spacial score (nSPS) is 11.3. The molecule has 5 heteroatoms. The second-order valence-electron chi connectivity index (χ2n) is 5.21. The van der Waals surface area contributed by atoms with E-state index in [1.54, 1.807) is 22.8 Å². The van der Waals surface area contributed by atoms with Gasteiger partial charge in [-0.15, -0.1) is 0 Å². The van der Waals surface area contributed by atoms with Crippen molar-refractivity contribution < 1.29 is 17.9 Å². The third kappa shape index (κ3) is 3.10. The lowest BCUT2D eigenvalue weighted by Crippen LogP contribution is -2.08. The summed E-state index contributed by atoms with van der Waals surface area (Å²) in [5.41, 5.74) is 1.76. The summed E-state index contributed by atoms with van der Waals surface area (Å²) in [6.45, 7) is 3.27. The SMILES string of the molecule is CCOCCn1c(-c2ccc(F)cc2)cc2cc(F)cc(F)c21. The summed E-state index contributed by atoms with van der Waals surface area (Å²) in [6, 6.07) is 9.80. The van der Waals surface area contributed by atoms with Crippen molar-refractivity contribution in [3.05, 3.63) is 59.9 Å². The summed E-state index contributed by atoms with van der Waals surface area (Å²) in [6.07, 6.45) is 0. The summed E-state index contributed by atoms with van der Waals surface area (Å²) in [5, 5.41) is 0.471. The van der Waals surface area contributed by atoms with Crippen LogP contribution in [0.25, 0.3) is 22.2 Å². The van der Waals surface area contributed by atoms with Gasteiger partial charge in [0, 0.05) is 30.3 Å². The van der Waals surface area contributed by atoms with E-state index in [-0.39, 0.29) is 5.82 Å². The fraction of sp³-hybridized carbons (Fsp3) is 0.222. The molecule has 3 aromatic rings. The molecule has 0 bridgehead atoms. The van der Waals surface area contributed by atoms with E-state index in [2.05, 4.69) is 0 Å². The van der Waals surface area contributed by atoms with Crippen LogP contribution in [0.2, 0.25) is 0 Å². The maximum atomic E-state index is 14.2. The lowest BCUT2D eigenvalue weighted by atomic mass is 10.1. The zero-order valence-corrected chi connectivity index (χ0v) is 12.7. The number of fused-ring (bicyclic) bond motifs is 1. The van der Waals surface area contributed by atoms with Gasteiger partial charge in [-0.25, -0.2) is 13.2 Å². The molecule has 0 saturated carbocycles. The van der Waals surface area contributed by atoms with Crippen molar-refractivity contribution in [3.8, 4) is 11.3 Å². The molecule has 2 aromatic carbocycles. The lowest BCUT2D eigenvalue weighted by Gasteiger charge is -2.11. The molecule has 0 fully saturated rings. The second kappa shape index (κ2) is 6.46. The summed E-state index contributed by atoms with van der Waals surface area (Å²) in [4.78, 5) is 0. The van der Waals surface area contributed by atoms with Gasteiger partial charge in [0.15, 0.2) is 0 Å². The minimum absolute atomic E-state index is 0.324. The molecule has 0 amide bonds. The average Bonchev–Trinajstić information content (AvgIpc) is 2.87. The number of benzene rings is 2. The highest BCUT2D eigenvalue weighted by molar-refractivity contribution is 5.87. The smallest absolute Gasteiger partial charge is 0.150 e. The van der Waals surface area contributed by atoms with Gasteiger partial charge in [0.05, 0.1) is 12.1 Å². The van der Waals surface area contributed by atoms with E-state index in [0.29, 0.717) is 36.4 Å². The van der Waals surface area contributed by atoms with Crippen LogP contribution >= 0.6 is 0 Å². The monoisotopic (exact) mass is 319 g/mol. The predicted molar refractivity (Wildman–Crippen MR) is 83.7 cm³/mol. The first kappa shape index (κ1) is 15.6. The third-order valence-electron chi connectivity index (χ3n) is 3.71.